The zero-order chi connectivity index (χ0) is 13.8. The van der Waals surface area contributed by atoms with E-state index in [0.717, 1.165) is 12.8 Å². The Hall–Kier alpha value is -2.00. The minimum atomic E-state index is -0.773. The average molecular weight is 270 g/mol. The van der Waals surface area contributed by atoms with Gasteiger partial charge in [0.2, 0.25) is 5.69 Å². The molecule has 0 spiro atoms. The summed E-state index contributed by atoms with van der Waals surface area (Å²) >= 11 is 0. The Morgan fingerprint density at radius 1 is 1.63 bits per heavy atom. The third-order valence-electron chi connectivity index (χ3n) is 2.73. The van der Waals surface area contributed by atoms with E-state index in [-0.39, 0.29) is 17.1 Å². The fourth-order valence-corrected chi connectivity index (χ4v) is 1.78. The number of amides is 1. The predicted octanol–water partition coefficient (Wildman–Crippen LogP) is 0.814. The van der Waals surface area contributed by atoms with Crippen LogP contribution < -0.4 is 5.48 Å². The summed E-state index contributed by atoms with van der Waals surface area (Å²) in [6.45, 7) is 2.04. The number of aromatic amines is 1. The van der Waals surface area contributed by atoms with E-state index in [0.29, 0.717) is 13.0 Å². The molecule has 0 bridgehead atoms. The fourth-order valence-electron chi connectivity index (χ4n) is 1.78. The molecule has 2 rings (SSSR count). The molecule has 2 N–H and O–H groups in total. The van der Waals surface area contributed by atoms with Crippen LogP contribution in [0, 0.1) is 17.0 Å². The third kappa shape index (κ3) is 3.06. The first-order valence-electron chi connectivity index (χ1n) is 5.86. The van der Waals surface area contributed by atoms with Crippen molar-refractivity contribution in [1.82, 2.24) is 15.7 Å². The quantitative estimate of drug-likeness (QED) is 0.617. The van der Waals surface area contributed by atoms with Gasteiger partial charge in [0, 0.05) is 13.0 Å². The maximum absolute atomic E-state index is 11.7. The lowest BCUT2D eigenvalue weighted by atomic mass is 10.2. The summed E-state index contributed by atoms with van der Waals surface area (Å²) in [6, 6.07) is 0. The van der Waals surface area contributed by atoms with Crippen LogP contribution in [0.1, 0.15) is 35.4 Å². The van der Waals surface area contributed by atoms with Crippen LogP contribution in [-0.2, 0) is 9.57 Å². The molecule has 0 radical (unpaired) electrons. The van der Waals surface area contributed by atoms with E-state index < -0.39 is 17.1 Å². The Balaban J connectivity index is 1.98. The van der Waals surface area contributed by atoms with E-state index in [1.165, 1.54) is 6.92 Å². The van der Waals surface area contributed by atoms with Crippen LogP contribution in [0.3, 0.4) is 0 Å². The van der Waals surface area contributed by atoms with E-state index in [1.54, 1.807) is 0 Å². The Kier molecular flexibility index (Phi) is 4.07. The monoisotopic (exact) mass is 270 g/mol. The molecule has 1 aromatic rings. The van der Waals surface area contributed by atoms with Gasteiger partial charge in [-0.05, 0) is 19.8 Å². The third-order valence-corrected chi connectivity index (χ3v) is 2.73. The van der Waals surface area contributed by atoms with Gasteiger partial charge in [-0.15, -0.1) is 0 Å². The Bertz CT molecular complexity index is 480. The number of nitrogens with one attached hydrogen (secondary N) is 2. The lowest BCUT2D eigenvalue weighted by molar-refractivity contribution is -0.385. The van der Waals surface area contributed by atoms with Gasteiger partial charge in [-0.25, -0.2) is 10.3 Å². The fraction of sp³-hybridized carbons (Fsp3) is 0.600. The minimum absolute atomic E-state index is 0.212. The molecule has 9 nitrogen and oxygen atoms in total. The summed E-state index contributed by atoms with van der Waals surface area (Å²) in [5.41, 5.74) is 1.68. The number of hydrogen-bond donors (Lipinski definition) is 2. The Morgan fingerprint density at radius 3 is 3.05 bits per heavy atom. The largest absolute Gasteiger partial charge is 0.350 e. The smallest absolute Gasteiger partial charge is 0.322 e. The number of hydrogen-bond acceptors (Lipinski definition) is 6. The van der Waals surface area contributed by atoms with Gasteiger partial charge in [-0.3, -0.25) is 20.0 Å². The summed E-state index contributed by atoms with van der Waals surface area (Å²) in [5.74, 6) is -0.773. The minimum Gasteiger partial charge on any atom is -0.350 e. The molecule has 1 fully saturated rings. The van der Waals surface area contributed by atoms with Crippen LogP contribution in [0.5, 0.6) is 0 Å². The molecule has 2 heterocycles. The molecule has 1 aliphatic rings. The number of carbonyl (C=O) groups is 1. The summed E-state index contributed by atoms with van der Waals surface area (Å²) in [7, 11) is 0. The molecule has 0 aromatic carbocycles. The Labute approximate surface area is 108 Å². The highest BCUT2D eigenvalue weighted by Gasteiger charge is 2.28. The van der Waals surface area contributed by atoms with Crippen LogP contribution >= 0.6 is 0 Å². The topological polar surface area (TPSA) is 119 Å². The van der Waals surface area contributed by atoms with Gasteiger partial charge >= 0.3 is 11.6 Å². The van der Waals surface area contributed by atoms with Crippen LogP contribution in [-0.4, -0.2) is 33.9 Å². The van der Waals surface area contributed by atoms with Crippen LogP contribution in [0.4, 0.5) is 5.69 Å². The molecule has 0 saturated carbocycles. The van der Waals surface area contributed by atoms with Crippen molar-refractivity contribution in [2.75, 3.05) is 6.61 Å². The van der Waals surface area contributed by atoms with E-state index in [9.17, 15) is 14.9 Å². The van der Waals surface area contributed by atoms with Crippen LogP contribution in [0.15, 0.2) is 0 Å². The molecule has 1 amide bonds. The maximum Gasteiger partial charge on any atom is 0.322 e. The second-order valence-corrected chi connectivity index (χ2v) is 4.15. The van der Waals surface area contributed by atoms with Crippen molar-refractivity contribution < 1.29 is 19.3 Å². The van der Waals surface area contributed by atoms with Crippen molar-refractivity contribution in [2.24, 2.45) is 0 Å². The zero-order valence-corrected chi connectivity index (χ0v) is 10.3. The molecule has 1 aromatic heterocycles. The number of rotatable bonds is 4. The van der Waals surface area contributed by atoms with Crippen molar-refractivity contribution in [3.63, 3.8) is 0 Å². The average Bonchev–Trinajstić information content (AvgIpc) is 2.79. The van der Waals surface area contributed by atoms with Gasteiger partial charge in [0.05, 0.1) is 4.92 Å². The molecular weight excluding hydrogens is 256 g/mol. The Morgan fingerprint density at radius 2 is 2.42 bits per heavy atom. The highest BCUT2D eigenvalue weighted by Crippen LogP contribution is 2.20. The normalized spacial score (nSPS) is 19.1. The standard InChI is InChI=1S/C10H14N4O5/c1-6-9(14(16)17)8(12-11-6)10(15)13-19-7-4-2-3-5-18-7/h7H,2-5H2,1H3,(H,11,12)(H,13,15). The lowest BCUT2D eigenvalue weighted by Gasteiger charge is -2.21. The number of ether oxygens (including phenoxy) is 1. The van der Waals surface area contributed by atoms with E-state index in [2.05, 4.69) is 15.7 Å². The highest BCUT2D eigenvalue weighted by molar-refractivity contribution is 5.95. The van der Waals surface area contributed by atoms with E-state index in [4.69, 9.17) is 9.57 Å². The number of hydroxylamine groups is 1. The number of nitro groups is 1. The predicted molar refractivity (Wildman–Crippen MR) is 62.1 cm³/mol. The maximum atomic E-state index is 11.7. The van der Waals surface area contributed by atoms with Gasteiger partial charge in [-0.1, -0.05) is 0 Å². The number of nitrogens with zero attached hydrogens (tertiary/aromatic N) is 2. The number of aryl methyl sites for hydroxylation is 1. The van der Waals surface area contributed by atoms with Crippen molar-refractivity contribution in [3.05, 3.63) is 21.5 Å². The van der Waals surface area contributed by atoms with E-state index in [1.807, 2.05) is 0 Å². The van der Waals surface area contributed by atoms with Gasteiger partial charge in [0.25, 0.3) is 0 Å². The molecule has 1 saturated heterocycles. The molecular formula is C10H14N4O5. The SMILES string of the molecule is Cc1[nH]nc(C(=O)NOC2CCCCO2)c1[N+](=O)[O-]. The van der Waals surface area contributed by atoms with Crippen molar-refractivity contribution in [1.29, 1.82) is 0 Å². The summed E-state index contributed by atoms with van der Waals surface area (Å²) in [4.78, 5) is 26.9. The second kappa shape index (κ2) is 5.76. The molecule has 9 heteroatoms. The van der Waals surface area contributed by atoms with Crippen molar-refractivity contribution in [3.8, 4) is 0 Å². The second-order valence-electron chi connectivity index (χ2n) is 4.15. The van der Waals surface area contributed by atoms with Crippen LogP contribution in [0.2, 0.25) is 0 Å². The van der Waals surface area contributed by atoms with Crippen molar-refractivity contribution in [2.45, 2.75) is 32.5 Å². The first-order valence-corrected chi connectivity index (χ1v) is 5.86. The molecule has 1 aliphatic heterocycles. The summed E-state index contributed by atoms with van der Waals surface area (Å²) in [6.07, 6.45) is 2.05. The van der Waals surface area contributed by atoms with Crippen LogP contribution in [0.25, 0.3) is 0 Å². The summed E-state index contributed by atoms with van der Waals surface area (Å²) in [5, 5.41) is 16.8. The molecule has 1 atom stereocenters. The first-order chi connectivity index (χ1) is 9.09. The number of carbonyl (C=O) groups excluding carboxylic acids is 1. The number of aromatic nitrogens is 2. The highest BCUT2D eigenvalue weighted by atomic mass is 16.8. The zero-order valence-electron chi connectivity index (χ0n) is 10.3. The summed E-state index contributed by atoms with van der Waals surface area (Å²) < 4.78 is 5.25. The molecule has 104 valence electrons. The van der Waals surface area contributed by atoms with E-state index >= 15 is 0 Å². The number of H-pyrrole nitrogens is 1. The van der Waals surface area contributed by atoms with Crippen molar-refractivity contribution >= 4 is 11.6 Å². The van der Waals surface area contributed by atoms with Gasteiger partial charge in [-0.2, -0.15) is 5.10 Å². The molecule has 0 aliphatic carbocycles. The van der Waals surface area contributed by atoms with Gasteiger partial charge in [0.15, 0.2) is 6.29 Å². The first kappa shape index (κ1) is 13.4. The molecule has 19 heavy (non-hydrogen) atoms. The van der Waals surface area contributed by atoms with Gasteiger partial charge < -0.3 is 4.74 Å². The lowest BCUT2D eigenvalue weighted by Crippen LogP contribution is -2.33. The molecule has 1 unspecified atom stereocenters. The van der Waals surface area contributed by atoms with Gasteiger partial charge in [0.1, 0.15) is 5.69 Å².